The third-order valence-electron chi connectivity index (χ3n) is 9.12. The number of carbonyl (C=O) groups is 1. The van der Waals surface area contributed by atoms with E-state index in [-0.39, 0.29) is 24.0 Å². The van der Waals surface area contributed by atoms with Crippen LogP contribution in [0.1, 0.15) is 72.5 Å². The summed E-state index contributed by atoms with van der Waals surface area (Å²) in [6.07, 6.45) is 5.11. The highest BCUT2D eigenvalue weighted by molar-refractivity contribution is 5.97. The second kappa shape index (κ2) is 12.5. The van der Waals surface area contributed by atoms with Gasteiger partial charge in [-0.05, 0) is 75.1 Å². The number of carbonyl (C=O) groups excluding carboxylic acids is 1. The first-order chi connectivity index (χ1) is 19.4. The summed E-state index contributed by atoms with van der Waals surface area (Å²) in [4.78, 5) is 31.5. The summed E-state index contributed by atoms with van der Waals surface area (Å²) < 4.78 is 0. The van der Waals surface area contributed by atoms with Gasteiger partial charge in [-0.25, -0.2) is 0 Å². The molecule has 5 rings (SSSR count). The van der Waals surface area contributed by atoms with Crippen LogP contribution in [-0.2, 0) is 13.0 Å². The van der Waals surface area contributed by atoms with E-state index in [1.807, 2.05) is 41.3 Å². The van der Waals surface area contributed by atoms with Gasteiger partial charge >= 0.3 is 0 Å². The van der Waals surface area contributed by atoms with Crippen molar-refractivity contribution in [3.05, 3.63) is 76.2 Å². The van der Waals surface area contributed by atoms with E-state index < -0.39 is 6.10 Å². The number of anilines is 1. The first-order valence-corrected chi connectivity index (χ1v) is 14.9. The number of nitroso groups, excluding NO2 is 1. The summed E-state index contributed by atoms with van der Waals surface area (Å²) in [5.41, 5.74) is 11.8. The van der Waals surface area contributed by atoms with E-state index in [1.165, 1.54) is 5.56 Å². The quantitative estimate of drug-likeness (QED) is 0.449. The summed E-state index contributed by atoms with van der Waals surface area (Å²) >= 11 is 0. The standard InChI is InChI=1S/C32H43N5O3/c1-3-35-15-6-16-36(21-29(38)13-9-23-7-4-5-8-25(23)20-33)22(2)30-14-10-24(17-31(30)35)32(39)37-27-11-12-28(37)19-26(18-27)34-40/h4-5,7-8,10,14,17,26-29,38H,2-3,6,9,11-13,15-16,18-21,33H2,1H3/t26?,27?,28?,29-/m0/s1. The monoisotopic (exact) mass is 545 g/mol. The Hall–Kier alpha value is -3.23. The van der Waals surface area contributed by atoms with Crippen LogP contribution in [0.4, 0.5) is 5.69 Å². The minimum Gasteiger partial charge on any atom is -0.391 e. The topological polar surface area (TPSA) is 102 Å². The molecule has 0 spiro atoms. The zero-order valence-electron chi connectivity index (χ0n) is 23.7. The van der Waals surface area contributed by atoms with Crippen LogP contribution in [0.2, 0.25) is 0 Å². The first kappa shape index (κ1) is 28.3. The summed E-state index contributed by atoms with van der Waals surface area (Å²) in [6, 6.07) is 14.2. The lowest BCUT2D eigenvalue weighted by Gasteiger charge is -2.38. The lowest BCUT2D eigenvalue weighted by atomic mass is 9.96. The van der Waals surface area contributed by atoms with Crippen molar-refractivity contribution in [2.45, 2.75) is 82.6 Å². The highest BCUT2D eigenvalue weighted by Gasteiger charge is 2.44. The van der Waals surface area contributed by atoms with Crippen molar-refractivity contribution in [2.75, 3.05) is 31.1 Å². The molecular formula is C32H43N5O3. The van der Waals surface area contributed by atoms with Gasteiger partial charge in [0.2, 0.25) is 0 Å². The zero-order chi connectivity index (χ0) is 28.2. The minimum absolute atomic E-state index is 0.0495. The number of fused-ring (bicyclic) bond motifs is 3. The second-order valence-corrected chi connectivity index (χ2v) is 11.6. The van der Waals surface area contributed by atoms with Crippen molar-refractivity contribution in [3.8, 4) is 0 Å². The second-order valence-electron chi connectivity index (χ2n) is 11.6. The Morgan fingerprint density at radius 2 is 1.80 bits per heavy atom. The van der Waals surface area contributed by atoms with Crippen molar-refractivity contribution >= 4 is 17.3 Å². The summed E-state index contributed by atoms with van der Waals surface area (Å²) in [5.74, 6) is 0.0495. The van der Waals surface area contributed by atoms with E-state index in [0.717, 1.165) is 67.8 Å². The molecule has 40 heavy (non-hydrogen) atoms. The van der Waals surface area contributed by atoms with Crippen molar-refractivity contribution in [2.24, 2.45) is 10.9 Å². The average molecular weight is 546 g/mol. The van der Waals surface area contributed by atoms with Gasteiger partial charge in [-0.1, -0.05) is 42.1 Å². The molecule has 2 unspecified atom stereocenters. The maximum atomic E-state index is 13.7. The highest BCUT2D eigenvalue weighted by Crippen LogP contribution is 2.39. The SMILES string of the molecule is C=C1c2ccc(C(=O)N3C4CCC3CC(N=O)C4)cc2N(CC)CCCN1C[C@@H](O)CCc1ccccc1CN. The van der Waals surface area contributed by atoms with Crippen molar-refractivity contribution < 1.29 is 9.90 Å². The van der Waals surface area contributed by atoms with Crippen LogP contribution >= 0.6 is 0 Å². The Labute approximate surface area is 237 Å². The van der Waals surface area contributed by atoms with E-state index in [4.69, 9.17) is 5.73 Å². The zero-order valence-corrected chi connectivity index (χ0v) is 23.7. The molecule has 2 fully saturated rings. The summed E-state index contributed by atoms with van der Waals surface area (Å²) in [7, 11) is 0. The molecule has 0 saturated carbocycles. The van der Waals surface area contributed by atoms with Crippen molar-refractivity contribution in [1.29, 1.82) is 0 Å². The third-order valence-corrected chi connectivity index (χ3v) is 9.12. The molecule has 214 valence electrons. The normalized spacial score (nSPS) is 23.4. The van der Waals surface area contributed by atoms with E-state index >= 15 is 0 Å². The number of benzene rings is 2. The molecule has 8 heteroatoms. The van der Waals surface area contributed by atoms with Crippen LogP contribution in [0.15, 0.2) is 54.2 Å². The van der Waals surface area contributed by atoms with Crippen LogP contribution in [0.5, 0.6) is 0 Å². The van der Waals surface area contributed by atoms with Gasteiger partial charge in [0.25, 0.3) is 5.91 Å². The molecule has 3 atom stereocenters. The average Bonchev–Trinajstić information content (AvgIpc) is 3.24. The predicted octanol–water partition coefficient (Wildman–Crippen LogP) is 4.54. The van der Waals surface area contributed by atoms with Gasteiger partial charge in [0.05, 0.1) is 12.1 Å². The number of nitrogens with two attached hydrogens (primary N) is 1. The Bertz CT molecular complexity index is 1220. The van der Waals surface area contributed by atoms with Gasteiger partial charge in [0.15, 0.2) is 0 Å². The largest absolute Gasteiger partial charge is 0.391 e. The number of aliphatic hydroxyl groups excluding tert-OH is 1. The van der Waals surface area contributed by atoms with E-state index in [1.54, 1.807) is 0 Å². The summed E-state index contributed by atoms with van der Waals surface area (Å²) in [6.45, 7) is 10.1. The highest BCUT2D eigenvalue weighted by atomic mass is 16.3. The van der Waals surface area contributed by atoms with Gasteiger partial charge in [-0.2, -0.15) is 4.91 Å². The van der Waals surface area contributed by atoms with Crippen molar-refractivity contribution in [1.82, 2.24) is 9.80 Å². The maximum Gasteiger partial charge on any atom is 0.254 e. The van der Waals surface area contributed by atoms with Gasteiger partial charge in [-0.3, -0.25) is 4.79 Å². The predicted molar refractivity (Wildman–Crippen MR) is 160 cm³/mol. The minimum atomic E-state index is -0.493. The number of nitrogens with zero attached hydrogens (tertiary/aromatic N) is 4. The number of hydrogen-bond acceptors (Lipinski definition) is 7. The van der Waals surface area contributed by atoms with E-state index in [0.29, 0.717) is 37.9 Å². The Morgan fingerprint density at radius 1 is 1.10 bits per heavy atom. The third kappa shape index (κ3) is 5.79. The molecule has 2 aromatic carbocycles. The fourth-order valence-electron chi connectivity index (χ4n) is 6.96. The molecule has 3 aliphatic rings. The van der Waals surface area contributed by atoms with Gasteiger partial charge in [0.1, 0.15) is 0 Å². The number of aryl methyl sites for hydroxylation is 1. The van der Waals surface area contributed by atoms with Crippen LogP contribution in [0.25, 0.3) is 5.70 Å². The molecule has 3 heterocycles. The van der Waals surface area contributed by atoms with Gasteiger partial charge in [-0.15, -0.1) is 0 Å². The lowest BCUT2D eigenvalue weighted by Crippen LogP contribution is -2.47. The van der Waals surface area contributed by atoms with Gasteiger partial charge < -0.3 is 25.5 Å². The molecule has 1 amide bonds. The lowest BCUT2D eigenvalue weighted by molar-refractivity contribution is 0.0575. The molecule has 0 aliphatic carbocycles. The molecule has 2 saturated heterocycles. The Kier molecular flexibility index (Phi) is 8.86. The number of hydrogen-bond donors (Lipinski definition) is 2. The number of aliphatic hydroxyl groups is 1. The molecule has 3 N–H and O–H groups in total. The molecular weight excluding hydrogens is 502 g/mol. The van der Waals surface area contributed by atoms with E-state index in [9.17, 15) is 14.8 Å². The fourth-order valence-corrected chi connectivity index (χ4v) is 6.96. The Balaban J connectivity index is 1.32. The van der Waals surface area contributed by atoms with Crippen molar-refractivity contribution in [3.63, 3.8) is 0 Å². The first-order valence-electron chi connectivity index (χ1n) is 14.9. The molecule has 2 bridgehead atoms. The van der Waals surface area contributed by atoms with E-state index in [2.05, 4.69) is 34.5 Å². The Morgan fingerprint density at radius 3 is 2.48 bits per heavy atom. The number of amides is 1. The van der Waals surface area contributed by atoms with Crippen LogP contribution in [0, 0.1) is 4.91 Å². The molecule has 8 nitrogen and oxygen atoms in total. The molecule has 3 aliphatic heterocycles. The molecule has 2 aromatic rings. The molecule has 0 radical (unpaired) electrons. The van der Waals surface area contributed by atoms with Crippen LogP contribution < -0.4 is 10.6 Å². The number of rotatable bonds is 9. The van der Waals surface area contributed by atoms with Crippen LogP contribution in [0.3, 0.4) is 0 Å². The number of piperidine rings is 1. The van der Waals surface area contributed by atoms with Crippen LogP contribution in [-0.4, -0.2) is 71.2 Å². The molecule has 0 aromatic heterocycles. The van der Waals surface area contributed by atoms with Gasteiger partial charge in [0, 0.05) is 67.3 Å². The fraction of sp³-hybridized carbons (Fsp3) is 0.531. The number of β-amino-alcohol motifs (C(OH)–C–C–N with tert-alkyl or cyclic N) is 1. The maximum absolute atomic E-state index is 13.7. The summed E-state index contributed by atoms with van der Waals surface area (Å²) in [5, 5.41) is 14.3. The smallest absolute Gasteiger partial charge is 0.254 e.